The van der Waals surface area contributed by atoms with Gasteiger partial charge in [0.05, 0.1) is 13.7 Å². The fourth-order valence-electron chi connectivity index (χ4n) is 2.47. The molecule has 0 bridgehead atoms. The van der Waals surface area contributed by atoms with Crippen molar-refractivity contribution in [3.63, 3.8) is 0 Å². The summed E-state index contributed by atoms with van der Waals surface area (Å²) in [6.45, 7) is 7.67. The van der Waals surface area contributed by atoms with Crippen molar-refractivity contribution in [2.24, 2.45) is 0 Å². The molecule has 0 radical (unpaired) electrons. The van der Waals surface area contributed by atoms with E-state index in [2.05, 4.69) is 54.3 Å². The van der Waals surface area contributed by atoms with Crippen molar-refractivity contribution in [2.75, 3.05) is 20.3 Å². The largest absolute Gasteiger partial charge is 0.493 e. The van der Waals surface area contributed by atoms with Crippen molar-refractivity contribution in [3.8, 4) is 11.5 Å². The SMILES string of the molecule is CCOc1cc(CN(CC)Cc2ccccc2)ccc1OC. The van der Waals surface area contributed by atoms with Gasteiger partial charge in [-0.2, -0.15) is 0 Å². The normalized spacial score (nSPS) is 10.7. The van der Waals surface area contributed by atoms with Crippen LogP contribution >= 0.6 is 0 Å². The predicted molar refractivity (Wildman–Crippen MR) is 90.4 cm³/mol. The lowest BCUT2D eigenvalue weighted by molar-refractivity contribution is 0.269. The Kier molecular flexibility index (Phi) is 6.28. The van der Waals surface area contributed by atoms with Crippen LogP contribution < -0.4 is 9.47 Å². The number of hydrogen-bond acceptors (Lipinski definition) is 3. The molecule has 0 aliphatic heterocycles. The standard InChI is InChI=1S/C19H25NO2/c1-4-20(14-16-9-7-6-8-10-16)15-17-11-12-18(21-3)19(13-17)22-5-2/h6-13H,4-5,14-15H2,1-3H3. The molecule has 0 aliphatic carbocycles. The molecule has 0 amide bonds. The highest BCUT2D eigenvalue weighted by atomic mass is 16.5. The van der Waals surface area contributed by atoms with E-state index in [4.69, 9.17) is 9.47 Å². The average molecular weight is 299 g/mol. The van der Waals surface area contributed by atoms with Gasteiger partial charge in [0.1, 0.15) is 0 Å². The van der Waals surface area contributed by atoms with Crippen LogP contribution in [-0.2, 0) is 13.1 Å². The zero-order valence-corrected chi connectivity index (χ0v) is 13.7. The van der Waals surface area contributed by atoms with E-state index in [1.807, 2.05) is 13.0 Å². The molecule has 2 rings (SSSR count). The zero-order valence-electron chi connectivity index (χ0n) is 13.7. The lowest BCUT2D eigenvalue weighted by atomic mass is 10.1. The van der Waals surface area contributed by atoms with Crippen LogP contribution in [0.5, 0.6) is 11.5 Å². The number of rotatable bonds is 8. The minimum atomic E-state index is 0.640. The Morgan fingerprint density at radius 1 is 0.864 bits per heavy atom. The van der Waals surface area contributed by atoms with Gasteiger partial charge in [0.2, 0.25) is 0 Å². The highest BCUT2D eigenvalue weighted by molar-refractivity contribution is 5.43. The number of hydrogen-bond donors (Lipinski definition) is 0. The summed E-state index contributed by atoms with van der Waals surface area (Å²) >= 11 is 0. The average Bonchev–Trinajstić information content (AvgIpc) is 2.56. The first-order valence-electron chi connectivity index (χ1n) is 7.82. The van der Waals surface area contributed by atoms with Gasteiger partial charge >= 0.3 is 0 Å². The smallest absolute Gasteiger partial charge is 0.161 e. The monoisotopic (exact) mass is 299 g/mol. The summed E-state index contributed by atoms with van der Waals surface area (Å²) in [6, 6.07) is 16.7. The molecule has 22 heavy (non-hydrogen) atoms. The van der Waals surface area contributed by atoms with E-state index in [9.17, 15) is 0 Å². The molecular formula is C19H25NO2. The van der Waals surface area contributed by atoms with E-state index in [0.29, 0.717) is 6.61 Å². The molecule has 3 heteroatoms. The van der Waals surface area contributed by atoms with Gasteiger partial charge in [0.25, 0.3) is 0 Å². The summed E-state index contributed by atoms with van der Waals surface area (Å²) in [5.41, 5.74) is 2.57. The second-order valence-corrected chi connectivity index (χ2v) is 5.21. The van der Waals surface area contributed by atoms with Crippen LogP contribution in [0.4, 0.5) is 0 Å². The first kappa shape index (κ1) is 16.4. The summed E-state index contributed by atoms with van der Waals surface area (Å²) in [6.07, 6.45) is 0. The van der Waals surface area contributed by atoms with Crippen molar-refractivity contribution < 1.29 is 9.47 Å². The first-order chi connectivity index (χ1) is 10.8. The third-order valence-corrected chi connectivity index (χ3v) is 3.63. The van der Waals surface area contributed by atoms with E-state index in [1.54, 1.807) is 7.11 Å². The van der Waals surface area contributed by atoms with Gasteiger partial charge in [0.15, 0.2) is 11.5 Å². The van der Waals surface area contributed by atoms with Crippen LogP contribution in [0.25, 0.3) is 0 Å². The van der Waals surface area contributed by atoms with Crippen LogP contribution in [0.15, 0.2) is 48.5 Å². The van der Waals surface area contributed by atoms with E-state index < -0.39 is 0 Å². The second-order valence-electron chi connectivity index (χ2n) is 5.21. The Morgan fingerprint density at radius 3 is 2.23 bits per heavy atom. The maximum Gasteiger partial charge on any atom is 0.161 e. The minimum absolute atomic E-state index is 0.640. The lowest BCUT2D eigenvalue weighted by Crippen LogP contribution is -2.22. The number of benzene rings is 2. The van der Waals surface area contributed by atoms with Crippen molar-refractivity contribution in [1.29, 1.82) is 0 Å². The highest BCUT2D eigenvalue weighted by Gasteiger charge is 2.09. The van der Waals surface area contributed by atoms with E-state index in [0.717, 1.165) is 31.1 Å². The van der Waals surface area contributed by atoms with E-state index in [-0.39, 0.29) is 0 Å². The minimum Gasteiger partial charge on any atom is -0.493 e. The third-order valence-electron chi connectivity index (χ3n) is 3.63. The van der Waals surface area contributed by atoms with Gasteiger partial charge in [-0.1, -0.05) is 43.3 Å². The molecule has 118 valence electrons. The molecule has 0 unspecified atom stereocenters. The molecule has 0 spiro atoms. The Hall–Kier alpha value is -2.00. The number of ether oxygens (including phenoxy) is 2. The topological polar surface area (TPSA) is 21.7 Å². The van der Waals surface area contributed by atoms with Crippen LogP contribution in [0.2, 0.25) is 0 Å². The van der Waals surface area contributed by atoms with Crippen molar-refractivity contribution in [3.05, 3.63) is 59.7 Å². The number of nitrogens with zero attached hydrogens (tertiary/aromatic N) is 1. The Balaban J connectivity index is 2.08. The molecule has 0 saturated heterocycles. The highest BCUT2D eigenvalue weighted by Crippen LogP contribution is 2.28. The Bertz CT molecular complexity index is 569. The lowest BCUT2D eigenvalue weighted by Gasteiger charge is -2.21. The Morgan fingerprint density at radius 2 is 1.59 bits per heavy atom. The van der Waals surface area contributed by atoms with E-state index in [1.165, 1.54) is 11.1 Å². The zero-order chi connectivity index (χ0) is 15.8. The van der Waals surface area contributed by atoms with Gasteiger partial charge in [0, 0.05) is 13.1 Å². The molecule has 0 aliphatic rings. The molecule has 2 aromatic rings. The summed E-state index contributed by atoms with van der Waals surface area (Å²) in [5, 5.41) is 0. The van der Waals surface area contributed by atoms with E-state index >= 15 is 0 Å². The van der Waals surface area contributed by atoms with Crippen molar-refractivity contribution in [1.82, 2.24) is 4.90 Å². The van der Waals surface area contributed by atoms with Crippen LogP contribution in [0.3, 0.4) is 0 Å². The maximum atomic E-state index is 5.66. The molecule has 3 nitrogen and oxygen atoms in total. The summed E-state index contributed by atoms with van der Waals surface area (Å²) < 4.78 is 11.0. The van der Waals surface area contributed by atoms with Crippen molar-refractivity contribution >= 4 is 0 Å². The van der Waals surface area contributed by atoms with Crippen LogP contribution in [-0.4, -0.2) is 25.2 Å². The summed E-state index contributed by atoms with van der Waals surface area (Å²) in [4.78, 5) is 2.41. The van der Waals surface area contributed by atoms with Crippen LogP contribution in [0.1, 0.15) is 25.0 Å². The molecular weight excluding hydrogens is 274 g/mol. The summed E-state index contributed by atoms with van der Waals surface area (Å²) in [5.74, 6) is 1.61. The molecule has 2 aromatic carbocycles. The summed E-state index contributed by atoms with van der Waals surface area (Å²) in [7, 11) is 1.67. The molecule has 0 saturated carbocycles. The molecule has 0 N–H and O–H groups in total. The van der Waals surface area contributed by atoms with Crippen molar-refractivity contribution in [2.45, 2.75) is 26.9 Å². The second kappa shape index (κ2) is 8.44. The maximum absolute atomic E-state index is 5.66. The van der Waals surface area contributed by atoms with Gasteiger partial charge in [-0.3, -0.25) is 4.90 Å². The fourth-order valence-corrected chi connectivity index (χ4v) is 2.47. The van der Waals surface area contributed by atoms with Gasteiger partial charge < -0.3 is 9.47 Å². The first-order valence-corrected chi connectivity index (χ1v) is 7.82. The number of methoxy groups -OCH3 is 1. The quantitative estimate of drug-likeness (QED) is 0.732. The Labute approximate surface area is 133 Å². The van der Waals surface area contributed by atoms with Crippen LogP contribution in [0, 0.1) is 0 Å². The van der Waals surface area contributed by atoms with Gasteiger partial charge in [-0.25, -0.2) is 0 Å². The van der Waals surface area contributed by atoms with Gasteiger partial charge in [-0.05, 0) is 36.7 Å². The molecule has 0 atom stereocenters. The fraction of sp³-hybridized carbons (Fsp3) is 0.368. The molecule has 0 fully saturated rings. The molecule has 0 heterocycles. The predicted octanol–water partition coefficient (Wildman–Crippen LogP) is 4.12. The van der Waals surface area contributed by atoms with Gasteiger partial charge in [-0.15, -0.1) is 0 Å². The third kappa shape index (κ3) is 4.50. The molecule has 0 aromatic heterocycles.